The van der Waals surface area contributed by atoms with Crippen molar-refractivity contribution in [3.63, 3.8) is 0 Å². The van der Waals surface area contributed by atoms with Crippen molar-refractivity contribution in [3.8, 4) is 0 Å². The lowest BCUT2D eigenvalue weighted by Crippen LogP contribution is -2.38. The molecule has 1 saturated carbocycles. The lowest BCUT2D eigenvalue weighted by molar-refractivity contribution is -0.137. The summed E-state index contributed by atoms with van der Waals surface area (Å²) in [4.78, 5) is 29.5. The average molecular weight is 401 g/mol. The average Bonchev–Trinajstić information content (AvgIpc) is 3.02. The number of carbonyl (C=O) groups is 2. The molecule has 2 heterocycles. The van der Waals surface area contributed by atoms with Crippen LogP contribution < -0.4 is 10.8 Å². The minimum absolute atomic E-state index is 0. The lowest BCUT2D eigenvalue weighted by atomic mass is 9.84. The van der Waals surface area contributed by atoms with Gasteiger partial charge in [0.15, 0.2) is 0 Å². The van der Waals surface area contributed by atoms with Crippen LogP contribution >= 0.6 is 24.0 Å². The third-order valence-corrected chi connectivity index (χ3v) is 4.98. The van der Waals surface area contributed by atoms with Crippen molar-refractivity contribution >= 4 is 47.7 Å². The van der Waals surface area contributed by atoms with Crippen LogP contribution in [0.5, 0.6) is 0 Å². The third-order valence-electron chi connectivity index (χ3n) is 4.69. The Balaban J connectivity index is 0.00000243. The number of halogens is 2. The van der Waals surface area contributed by atoms with Crippen molar-refractivity contribution in [2.75, 3.05) is 18.4 Å². The van der Waals surface area contributed by atoms with Gasteiger partial charge in [0.2, 0.25) is 5.91 Å². The van der Waals surface area contributed by atoms with Gasteiger partial charge in [-0.2, -0.15) is 0 Å². The summed E-state index contributed by atoms with van der Waals surface area (Å²) in [5.74, 6) is 0.439. The molecule has 1 aliphatic carbocycles. The molecular formula is C17H22Cl2N4O3. The van der Waals surface area contributed by atoms with Gasteiger partial charge in [0, 0.05) is 37.3 Å². The fraction of sp³-hybridized carbons (Fsp3) is 0.471. The van der Waals surface area contributed by atoms with E-state index in [1.54, 1.807) is 12.3 Å². The maximum absolute atomic E-state index is 12.3. The van der Waals surface area contributed by atoms with Crippen LogP contribution in [-0.4, -0.2) is 46.0 Å². The number of aromatic nitrogens is 1. The van der Waals surface area contributed by atoms with E-state index in [2.05, 4.69) is 10.3 Å². The number of hydrogen-bond donors (Lipinski definition) is 3. The van der Waals surface area contributed by atoms with Gasteiger partial charge >= 0.3 is 0 Å². The number of anilines is 1. The van der Waals surface area contributed by atoms with Crippen LogP contribution in [0.3, 0.4) is 0 Å². The maximum atomic E-state index is 12.3. The zero-order valence-electron chi connectivity index (χ0n) is 14.2. The Morgan fingerprint density at radius 3 is 2.73 bits per heavy atom. The first kappa shape index (κ1) is 20.5. The zero-order valence-corrected chi connectivity index (χ0v) is 15.7. The van der Waals surface area contributed by atoms with Gasteiger partial charge in [0.25, 0.3) is 5.91 Å². The highest BCUT2D eigenvalue weighted by Crippen LogP contribution is 2.30. The molecule has 1 saturated heterocycles. The fourth-order valence-electron chi connectivity index (χ4n) is 3.04. The Labute approximate surface area is 163 Å². The van der Waals surface area contributed by atoms with Crippen molar-refractivity contribution < 1.29 is 14.8 Å². The highest BCUT2D eigenvalue weighted by atomic mass is 35.5. The number of likely N-dealkylation sites (tertiary alicyclic amines) is 1. The summed E-state index contributed by atoms with van der Waals surface area (Å²) in [6.45, 7) is 1.44. The number of nitrogens with zero attached hydrogens (tertiary/aromatic N) is 2. The summed E-state index contributed by atoms with van der Waals surface area (Å²) in [5, 5.41) is 12.2. The number of rotatable bonds is 5. The van der Waals surface area contributed by atoms with E-state index in [1.807, 2.05) is 4.90 Å². The first-order valence-corrected chi connectivity index (χ1v) is 8.77. The van der Waals surface area contributed by atoms with Crippen LogP contribution in [-0.2, 0) is 9.59 Å². The maximum Gasteiger partial charge on any atom is 0.267 e. The molecule has 1 aromatic heterocycles. The largest absolute Gasteiger partial charge is 0.364 e. The molecule has 0 radical (unpaired) electrons. The van der Waals surface area contributed by atoms with Gasteiger partial charge in [-0.3, -0.25) is 14.8 Å². The van der Waals surface area contributed by atoms with Gasteiger partial charge in [-0.15, -0.1) is 12.4 Å². The number of amides is 2. The second-order valence-corrected chi connectivity index (χ2v) is 6.86. The minimum Gasteiger partial charge on any atom is -0.364 e. The molecule has 2 amide bonds. The molecule has 0 bridgehead atoms. The standard InChI is InChI=1S/C17H21ClN4O3.ClH/c18-14-8-11(4-5-15(23)21-25)9-19-16(14)20-13-6-7-22(10-13)17(24)12-2-1-3-12;/h4-5,8-9,12-13,25H,1-3,6-7,10H2,(H,19,20)(H,21,23);1H/b5-4+;/t13-;/m1./s1. The molecule has 7 nitrogen and oxygen atoms in total. The number of pyridine rings is 1. The second kappa shape index (κ2) is 9.21. The van der Waals surface area contributed by atoms with E-state index in [0.29, 0.717) is 22.9 Å². The molecule has 9 heteroatoms. The minimum atomic E-state index is -0.625. The summed E-state index contributed by atoms with van der Waals surface area (Å²) in [5.41, 5.74) is 2.16. The van der Waals surface area contributed by atoms with Gasteiger partial charge in [-0.25, -0.2) is 10.5 Å². The molecule has 1 atom stereocenters. The van der Waals surface area contributed by atoms with Crippen molar-refractivity contribution in [2.45, 2.75) is 31.7 Å². The third kappa shape index (κ3) is 4.87. The molecule has 2 fully saturated rings. The quantitative estimate of drug-likeness (QED) is 0.400. The van der Waals surface area contributed by atoms with Gasteiger partial charge in [0.05, 0.1) is 5.02 Å². The van der Waals surface area contributed by atoms with Crippen LogP contribution in [0.15, 0.2) is 18.3 Å². The monoisotopic (exact) mass is 400 g/mol. The van der Waals surface area contributed by atoms with Crippen LogP contribution in [0.2, 0.25) is 5.02 Å². The smallest absolute Gasteiger partial charge is 0.267 e. The van der Waals surface area contributed by atoms with E-state index < -0.39 is 5.91 Å². The Morgan fingerprint density at radius 1 is 1.35 bits per heavy atom. The number of carbonyl (C=O) groups excluding carboxylic acids is 2. The molecule has 142 valence electrons. The van der Waals surface area contributed by atoms with Gasteiger partial charge in [-0.05, 0) is 37.0 Å². The summed E-state index contributed by atoms with van der Waals surface area (Å²) >= 11 is 6.25. The van der Waals surface area contributed by atoms with Crippen LogP contribution in [0, 0.1) is 5.92 Å². The van der Waals surface area contributed by atoms with Crippen molar-refractivity contribution in [2.24, 2.45) is 5.92 Å². The highest BCUT2D eigenvalue weighted by Gasteiger charge is 2.33. The molecule has 0 unspecified atom stereocenters. The van der Waals surface area contributed by atoms with E-state index in [0.717, 1.165) is 32.2 Å². The number of hydrogen-bond acceptors (Lipinski definition) is 5. The summed E-state index contributed by atoms with van der Waals surface area (Å²) in [6.07, 6.45) is 8.33. The normalized spacial score (nSPS) is 19.8. The van der Waals surface area contributed by atoms with E-state index in [-0.39, 0.29) is 30.3 Å². The van der Waals surface area contributed by atoms with Crippen LogP contribution in [0.4, 0.5) is 5.82 Å². The molecule has 3 rings (SSSR count). The zero-order chi connectivity index (χ0) is 17.8. The first-order valence-electron chi connectivity index (χ1n) is 8.40. The topological polar surface area (TPSA) is 94.6 Å². The van der Waals surface area contributed by atoms with E-state index >= 15 is 0 Å². The van der Waals surface area contributed by atoms with E-state index in [4.69, 9.17) is 16.8 Å². The molecule has 3 N–H and O–H groups in total. The SMILES string of the molecule is Cl.O=C(/C=C/c1cnc(N[C@@H]2CCN(C(=O)C3CCC3)C2)c(Cl)c1)NO. The van der Waals surface area contributed by atoms with Crippen LogP contribution in [0.25, 0.3) is 6.08 Å². The predicted molar refractivity (Wildman–Crippen MR) is 101 cm³/mol. The Hall–Kier alpha value is -1.83. The van der Waals surface area contributed by atoms with Crippen molar-refractivity contribution in [3.05, 3.63) is 28.9 Å². The van der Waals surface area contributed by atoms with Crippen molar-refractivity contribution in [1.82, 2.24) is 15.4 Å². The molecular weight excluding hydrogens is 379 g/mol. The summed E-state index contributed by atoms with van der Waals surface area (Å²) in [6, 6.07) is 1.82. The first-order chi connectivity index (χ1) is 12.1. The van der Waals surface area contributed by atoms with Gasteiger partial charge in [0.1, 0.15) is 5.82 Å². The van der Waals surface area contributed by atoms with Crippen LogP contribution in [0.1, 0.15) is 31.2 Å². The predicted octanol–water partition coefficient (Wildman–Crippen LogP) is 2.49. The molecule has 1 aromatic rings. The molecule has 26 heavy (non-hydrogen) atoms. The Bertz CT molecular complexity index is 695. The molecule has 2 aliphatic rings. The van der Waals surface area contributed by atoms with E-state index in [1.165, 1.54) is 17.6 Å². The second-order valence-electron chi connectivity index (χ2n) is 6.45. The van der Waals surface area contributed by atoms with Crippen molar-refractivity contribution in [1.29, 1.82) is 0 Å². The summed E-state index contributed by atoms with van der Waals surface area (Å²) in [7, 11) is 0. The molecule has 0 spiro atoms. The molecule has 0 aromatic carbocycles. The highest BCUT2D eigenvalue weighted by molar-refractivity contribution is 6.33. The lowest BCUT2D eigenvalue weighted by Gasteiger charge is -2.29. The van der Waals surface area contributed by atoms with E-state index in [9.17, 15) is 9.59 Å². The summed E-state index contributed by atoms with van der Waals surface area (Å²) < 4.78 is 0. The molecule has 1 aliphatic heterocycles. The van der Waals surface area contributed by atoms with Gasteiger partial charge < -0.3 is 10.2 Å². The number of hydroxylamine groups is 1. The fourth-order valence-corrected chi connectivity index (χ4v) is 3.27. The number of nitrogens with one attached hydrogen (secondary N) is 2. The Morgan fingerprint density at radius 2 is 2.12 bits per heavy atom. The Kier molecular flexibility index (Phi) is 7.25. The van der Waals surface area contributed by atoms with Gasteiger partial charge in [-0.1, -0.05) is 18.0 Å².